The number of likely N-dealkylation sites (tertiary alicyclic amines) is 1. The SMILES string of the molecule is CCCC(NC(=O)N1CCC(O)C(F)(F)C1)C1CCCCC1. The Morgan fingerprint density at radius 1 is 1.32 bits per heavy atom. The van der Waals surface area contributed by atoms with Crippen molar-refractivity contribution in [3.8, 4) is 0 Å². The summed E-state index contributed by atoms with van der Waals surface area (Å²) < 4.78 is 27.2. The summed E-state index contributed by atoms with van der Waals surface area (Å²) in [5.74, 6) is -2.74. The summed E-state index contributed by atoms with van der Waals surface area (Å²) in [4.78, 5) is 13.5. The van der Waals surface area contributed by atoms with Crippen molar-refractivity contribution in [2.45, 2.75) is 76.4 Å². The molecule has 2 amide bonds. The van der Waals surface area contributed by atoms with Crippen LogP contribution in [0, 0.1) is 5.92 Å². The van der Waals surface area contributed by atoms with Crippen molar-refractivity contribution in [2.75, 3.05) is 13.1 Å². The van der Waals surface area contributed by atoms with Gasteiger partial charge in [-0.25, -0.2) is 13.6 Å². The van der Waals surface area contributed by atoms with Gasteiger partial charge in [0.25, 0.3) is 5.92 Å². The zero-order valence-corrected chi connectivity index (χ0v) is 13.4. The van der Waals surface area contributed by atoms with Crippen molar-refractivity contribution in [2.24, 2.45) is 5.92 Å². The van der Waals surface area contributed by atoms with E-state index in [-0.39, 0.29) is 19.0 Å². The first-order valence-corrected chi connectivity index (χ1v) is 8.55. The summed E-state index contributed by atoms with van der Waals surface area (Å²) in [6.07, 6.45) is 6.01. The number of carbonyl (C=O) groups excluding carboxylic acids is 1. The van der Waals surface area contributed by atoms with E-state index in [1.165, 1.54) is 19.3 Å². The fourth-order valence-corrected chi connectivity index (χ4v) is 3.62. The van der Waals surface area contributed by atoms with Crippen LogP contribution in [0.1, 0.15) is 58.3 Å². The molecule has 0 aromatic carbocycles. The van der Waals surface area contributed by atoms with Crippen LogP contribution in [-0.2, 0) is 0 Å². The second kappa shape index (κ2) is 7.57. The van der Waals surface area contributed by atoms with E-state index in [4.69, 9.17) is 0 Å². The zero-order chi connectivity index (χ0) is 16.2. The standard InChI is InChI=1S/C16H28F2N2O2/c1-2-6-13(12-7-4-3-5-8-12)19-15(22)20-10-9-14(21)16(17,18)11-20/h12-14,21H,2-11H2,1H3,(H,19,22). The van der Waals surface area contributed by atoms with Crippen molar-refractivity contribution in [3.05, 3.63) is 0 Å². The van der Waals surface area contributed by atoms with Gasteiger partial charge in [0.2, 0.25) is 0 Å². The molecule has 2 fully saturated rings. The number of hydrogen-bond donors (Lipinski definition) is 2. The van der Waals surface area contributed by atoms with E-state index < -0.39 is 24.6 Å². The number of halogens is 2. The zero-order valence-electron chi connectivity index (χ0n) is 13.4. The predicted molar refractivity (Wildman–Crippen MR) is 80.9 cm³/mol. The van der Waals surface area contributed by atoms with Gasteiger partial charge in [-0.15, -0.1) is 0 Å². The second-order valence-electron chi connectivity index (χ2n) is 6.73. The van der Waals surface area contributed by atoms with Crippen molar-refractivity contribution in [3.63, 3.8) is 0 Å². The van der Waals surface area contributed by atoms with Crippen LogP contribution >= 0.6 is 0 Å². The van der Waals surface area contributed by atoms with E-state index in [9.17, 15) is 18.7 Å². The summed E-state index contributed by atoms with van der Waals surface area (Å²) in [5.41, 5.74) is 0. The van der Waals surface area contributed by atoms with E-state index >= 15 is 0 Å². The molecule has 1 heterocycles. The van der Waals surface area contributed by atoms with Crippen LogP contribution in [0.25, 0.3) is 0 Å². The van der Waals surface area contributed by atoms with E-state index in [2.05, 4.69) is 12.2 Å². The van der Waals surface area contributed by atoms with Gasteiger partial charge in [0.15, 0.2) is 0 Å². The number of hydrogen-bond acceptors (Lipinski definition) is 2. The van der Waals surface area contributed by atoms with Gasteiger partial charge in [-0.2, -0.15) is 0 Å². The number of aliphatic hydroxyl groups is 1. The van der Waals surface area contributed by atoms with Gasteiger partial charge >= 0.3 is 6.03 Å². The Hall–Kier alpha value is -0.910. The summed E-state index contributed by atoms with van der Waals surface area (Å²) in [6, 6.07) is -0.325. The molecule has 2 N–H and O–H groups in total. The first kappa shape index (κ1) is 17.4. The molecule has 0 bridgehead atoms. The average Bonchev–Trinajstić information content (AvgIpc) is 2.50. The van der Waals surface area contributed by atoms with E-state index in [0.717, 1.165) is 30.6 Å². The molecule has 1 aliphatic heterocycles. The molecule has 1 saturated heterocycles. The first-order chi connectivity index (χ1) is 10.4. The highest BCUT2D eigenvalue weighted by Gasteiger charge is 2.45. The minimum absolute atomic E-state index is 0.0672. The third kappa shape index (κ3) is 4.31. The Labute approximate surface area is 131 Å². The fourth-order valence-electron chi connectivity index (χ4n) is 3.62. The molecule has 4 nitrogen and oxygen atoms in total. The highest BCUT2D eigenvalue weighted by atomic mass is 19.3. The summed E-state index contributed by atoms with van der Waals surface area (Å²) in [6.45, 7) is 1.57. The summed E-state index contributed by atoms with van der Waals surface area (Å²) in [5, 5.41) is 12.3. The predicted octanol–water partition coefficient (Wildman–Crippen LogP) is 3.15. The smallest absolute Gasteiger partial charge is 0.317 e. The lowest BCUT2D eigenvalue weighted by atomic mass is 9.82. The Morgan fingerprint density at radius 3 is 2.59 bits per heavy atom. The molecule has 2 atom stereocenters. The van der Waals surface area contributed by atoms with Gasteiger partial charge in [-0.3, -0.25) is 0 Å². The molecule has 0 aromatic rings. The lowest BCUT2D eigenvalue weighted by Gasteiger charge is -2.38. The van der Waals surface area contributed by atoms with Gasteiger partial charge < -0.3 is 15.3 Å². The Balaban J connectivity index is 1.92. The third-order valence-electron chi connectivity index (χ3n) is 4.98. The van der Waals surface area contributed by atoms with E-state index in [0.29, 0.717) is 5.92 Å². The maximum absolute atomic E-state index is 13.6. The topological polar surface area (TPSA) is 52.6 Å². The quantitative estimate of drug-likeness (QED) is 0.836. The Bertz CT molecular complexity index is 373. The second-order valence-corrected chi connectivity index (χ2v) is 6.73. The van der Waals surface area contributed by atoms with Crippen LogP contribution in [-0.4, -0.2) is 47.2 Å². The summed E-state index contributed by atoms with van der Waals surface area (Å²) in [7, 11) is 0. The summed E-state index contributed by atoms with van der Waals surface area (Å²) >= 11 is 0. The maximum atomic E-state index is 13.6. The van der Waals surface area contributed by atoms with Gasteiger partial charge in [-0.05, 0) is 31.6 Å². The highest BCUT2D eigenvalue weighted by molar-refractivity contribution is 5.74. The third-order valence-corrected chi connectivity index (χ3v) is 4.98. The molecule has 2 aliphatic rings. The number of alkyl halides is 2. The van der Waals surface area contributed by atoms with Crippen molar-refractivity contribution in [1.82, 2.24) is 10.2 Å². The minimum Gasteiger partial charge on any atom is -0.387 e. The monoisotopic (exact) mass is 318 g/mol. The lowest BCUT2D eigenvalue weighted by Crippen LogP contribution is -2.57. The molecule has 2 rings (SSSR count). The van der Waals surface area contributed by atoms with Crippen LogP contribution in [0.15, 0.2) is 0 Å². The number of urea groups is 1. The fraction of sp³-hybridized carbons (Fsp3) is 0.938. The Morgan fingerprint density at radius 2 is 2.00 bits per heavy atom. The lowest BCUT2D eigenvalue weighted by molar-refractivity contribution is -0.141. The number of aliphatic hydroxyl groups excluding tert-OH is 1. The van der Waals surface area contributed by atoms with Crippen LogP contribution in [0.3, 0.4) is 0 Å². The maximum Gasteiger partial charge on any atom is 0.317 e. The van der Waals surface area contributed by atoms with E-state index in [1.807, 2.05) is 0 Å². The molecule has 128 valence electrons. The molecule has 0 radical (unpaired) electrons. The molecule has 6 heteroatoms. The Kier molecular flexibility index (Phi) is 6.01. The highest BCUT2D eigenvalue weighted by Crippen LogP contribution is 2.30. The largest absolute Gasteiger partial charge is 0.387 e. The van der Waals surface area contributed by atoms with E-state index in [1.54, 1.807) is 0 Å². The van der Waals surface area contributed by atoms with Crippen molar-refractivity contribution >= 4 is 6.03 Å². The van der Waals surface area contributed by atoms with Crippen molar-refractivity contribution < 1.29 is 18.7 Å². The van der Waals surface area contributed by atoms with Crippen LogP contribution in [0.4, 0.5) is 13.6 Å². The number of nitrogens with zero attached hydrogens (tertiary/aromatic N) is 1. The van der Waals surface area contributed by atoms with Gasteiger partial charge in [0.1, 0.15) is 6.10 Å². The number of rotatable bonds is 4. The first-order valence-electron chi connectivity index (χ1n) is 8.55. The number of carbonyl (C=O) groups is 1. The van der Waals surface area contributed by atoms with Crippen LogP contribution in [0.2, 0.25) is 0 Å². The number of nitrogens with one attached hydrogen (secondary N) is 1. The van der Waals surface area contributed by atoms with Crippen molar-refractivity contribution in [1.29, 1.82) is 0 Å². The number of piperidine rings is 1. The van der Waals surface area contributed by atoms with Gasteiger partial charge in [-0.1, -0.05) is 32.6 Å². The minimum atomic E-state index is -3.21. The van der Waals surface area contributed by atoms with Gasteiger partial charge in [0.05, 0.1) is 6.54 Å². The molecular weight excluding hydrogens is 290 g/mol. The molecule has 0 aromatic heterocycles. The molecule has 2 unspecified atom stereocenters. The molecule has 1 aliphatic carbocycles. The van der Waals surface area contributed by atoms with Gasteiger partial charge in [0, 0.05) is 12.6 Å². The average molecular weight is 318 g/mol. The van der Waals surface area contributed by atoms with Crippen LogP contribution < -0.4 is 5.32 Å². The molecule has 0 spiro atoms. The normalized spacial score (nSPS) is 27.5. The van der Waals surface area contributed by atoms with Crippen LogP contribution in [0.5, 0.6) is 0 Å². The molecule has 1 saturated carbocycles. The molecular formula is C16H28F2N2O2. The molecule has 22 heavy (non-hydrogen) atoms. The number of amides is 2.